The Bertz CT molecular complexity index is 1450. The lowest BCUT2D eigenvalue weighted by Crippen LogP contribution is -2.37. The molecule has 19 heteroatoms. The molecule has 1 aromatic heterocycles. The minimum absolute atomic E-state index is 0.152. The first-order valence-corrected chi connectivity index (χ1v) is 17.5. The second kappa shape index (κ2) is 26.4. The van der Waals surface area contributed by atoms with Crippen molar-refractivity contribution in [1.29, 1.82) is 0 Å². The van der Waals surface area contributed by atoms with Crippen LogP contribution in [-0.4, -0.2) is 112 Å². The molecule has 284 valence electrons. The fourth-order valence-electron chi connectivity index (χ4n) is 3.19. The number of aliphatic hydroxyl groups excluding tert-OH is 4. The summed E-state index contributed by atoms with van der Waals surface area (Å²) in [5.74, 6) is 1.01. The van der Waals surface area contributed by atoms with Crippen molar-refractivity contribution in [1.82, 2.24) is 14.5 Å². The maximum atomic E-state index is 12.3. The Balaban J connectivity index is 0.000000726. The van der Waals surface area contributed by atoms with Crippen molar-refractivity contribution < 1.29 is 59.4 Å². The van der Waals surface area contributed by atoms with Crippen LogP contribution >= 0.6 is 42.6 Å². The normalized spacial score (nSPS) is 10.4. The van der Waals surface area contributed by atoms with Crippen molar-refractivity contribution in [2.24, 2.45) is 5.41 Å². The third kappa shape index (κ3) is 22.2. The molecule has 0 fully saturated rings. The van der Waals surface area contributed by atoms with Gasteiger partial charge in [0.05, 0.1) is 48.4 Å². The zero-order chi connectivity index (χ0) is 38.9. The summed E-state index contributed by atoms with van der Waals surface area (Å²) in [5, 5.41) is 52.4. The number of phenols is 2. The van der Waals surface area contributed by atoms with Crippen LogP contribution in [0.5, 0.6) is 17.2 Å². The summed E-state index contributed by atoms with van der Waals surface area (Å²) in [4.78, 5) is 39.5. The van der Waals surface area contributed by atoms with Crippen LogP contribution in [0.3, 0.4) is 0 Å². The molecule has 4 aromatic rings. The molecule has 0 radical (unpaired) electrons. The van der Waals surface area contributed by atoms with E-state index in [4.69, 9.17) is 89.4 Å². The van der Waals surface area contributed by atoms with Gasteiger partial charge in [0, 0.05) is 24.0 Å². The zero-order valence-corrected chi connectivity index (χ0v) is 30.7. The molecule has 9 N–H and O–H groups in total. The van der Waals surface area contributed by atoms with Crippen molar-refractivity contribution in [2.75, 3.05) is 46.1 Å². The molecule has 0 unspecified atom stereocenters. The summed E-state index contributed by atoms with van der Waals surface area (Å²) in [6, 6.07) is 20.4. The third-order valence-corrected chi connectivity index (χ3v) is 6.69. The molecule has 0 aliphatic rings. The minimum atomic E-state index is -4.64. The molecule has 15 nitrogen and oxygen atoms in total. The lowest BCUT2D eigenvalue weighted by Gasteiger charge is -2.23. The van der Waals surface area contributed by atoms with Crippen LogP contribution in [0.4, 0.5) is 4.79 Å². The van der Waals surface area contributed by atoms with E-state index < -0.39 is 39.7 Å². The van der Waals surface area contributed by atoms with Crippen LogP contribution in [0.15, 0.2) is 91.5 Å². The van der Waals surface area contributed by atoms with Crippen molar-refractivity contribution >= 4 is 48.7 Å². The highest BCUT2D eigenvalue weighted by Crippen LogP contribution is 2.35. The first-order valence-electron chi connectivity index (χ1n) is 14.8. The largest absolute Gasteiger partial charge is 0.508 e. The Kier molecular flexibility index (Phi) is 24.6. The van der Waals surface area contributed by atoms with Gasteiger partial charge in [0.15, 0.2) is 5.75 Å². The van der Waals surface area contributed by atoms with E-state index >= 15 is 0 Å². The topological polar surface area (TPSA) is 246 Å². The van der Waals surface area contributed by atoms with Gasteiger partial charge in [0.1, 0.15) is 24.4 Å². The number of halogens is 3. The van der Waals surface area contributed by atoms with Gasteiger partial charge in [-0.3, -0.25) is 4.57 Å². The van der Waals surface area contributed by atoms with Crippen LogP contribution in [0.25, 0.3) is 0 Å². The van der Waals surface area contributed by atoms with E-state index in [1.54, 1.807) is 78.0 Å². The number of aromatic nitrogens is 2. The number of ether oxygens (including phenoxy) is 1. The number of hydrogen-bond donors (Lipinski definition) is 9. The number of phosphoric acid groups is 1. The fourth-order valence-corrected chi connectivity index (χ4v) is 4.12. The second-order valence-electron chi connectivity index (χ2n) is 10.1. The van der Waals surface area contributed by atoms with Gasteiger partial charge in [-0.25, -0.2) is 14.3 Å². The Morgan fingerprint density at radius 2 is 1.25 bits per heavy atom. The molecule has 0 spiro atoms. The van der Waals surface area contributed by atoms with Gasteiger partial charge in [-0.15, -0.1) is 0 Å². The van der Waals surface area contributed by atoms with Gasteiger partial charge >= 0.3 is 13.9 Å². The first-order chi connectivity index (χ1) is 24.1. The highest BCUT2D eigenvalue weighted by Gasteiger charge is 2.26. The highest BCUT2D eigenvalue weighted by atomic mass is 35.5. The van der Waals surface area contributed by atoms with Gasteiger partial charge < -0.3 is 55.0 Å². The number of rotatable bonds is 10. The summed E-state index contributed by atoms with van der Waals surface area (Å²) in [7, 11) is -4.64. The molecule has 51 heavy (non-hydrogen) atoms. The summed E-state index contributed by atoms with van der Waals surface area (Å²) >= 11 is 18.0. The summed E-state index contributed by atoms with van der Waals surface area (Å²) in [6.07, 6.45) is 5.48. The maximum Gasteiger partial charge on any atom is 0.466 e. The molecule has 0 atom stereocenters. The number of imidazole rings is 1. The van der Waals surface area contributed by atoms with E-state index in [1.165, 1.54) is 10.9 Å². The number of carbonyl (C=O) groups excluding carboxylic acids is 1. The number of benzene rings is 3. The maximum absolute atomic E-state index is 12.3. The van der Waals surface area contributed by atoms with Crippen molar-refractivity contribution in [2.45, 2.75) is 13.3 Å². The average Bonchev–Trinajstić information content (AvgIpc) is 3.63. The Labute approximate surface area is 310 Å². The predicted octanol–water partition coefficient (Wildman–Crippen LogP) is 4.40. The molecule has 4 rings (SSSR count). The van der Waals surface area contributed by atoms with Crippen LogP contribution < -0.4 is 4.74 Å². The van der Waals surface area contributed by atoms with Crippen molar-refractivity contribution in [3.05, 3.63) is 107 Å². The third-order valence-electron chi connectivity index (χ3n) is 5.91. The average molecular weight is 799 g/mol. The van der Waals surface area contributed by atoms with Gasteiger partial charge in [0.25, 0.3) is 0 Å². The lowest BCUT2D eigenvalue weighted by atomic mass is 9.93. The molecular formula is C32H43Cl3N3O12P. The van der Waals surface area contributed by atoms with Crippen LogP contribution in [0, 0.1) is 5.41 Å². The van der Waals surface area contributed by atoms with Crippen molar-refractivity contribution in [3.8, 4) is 17.2 Å². The van der Waals surface area contributed by atoms with E-state index in [9.17, 15) is 4.79 Å². The van der Waals surface area contributed by atoms with Gasteiger partial charge in [-0.1, -0.05) is 78.1 Å². The standard InChI is InChI=1S/C15H16Cl3N3O2.2C6H6O.C5H12O4.H3O4P/c1-2-4-20(15(22)21-5-3-19-10-21)6-7-23-14-12(17)8-11(16)9-13(14)18;2*7-6-4-2-1-3-5-6;6-1-5(2-7,3-8)4-9;1-5(2,3)4/h3,5,8-10H,2,4,6-7H2,1H3;2*1-5,7H;6-9H,1-4H2;(H3,1,2,3,4). The molecule has 0 aliphatic carbocycles. The number of phenolic OH excluding ortho intramolecular Hbond substituents is 2. The van der Waals surface area contributed by atoms with E-state index in [2.05, 4.69) is 4.98 Å². The first kappa shape index (κ1) is 47.6. The molecule has 0 saturated heterocycles. The lowest BCUT2D eigenvalue weighted by molar-refractivity contribution is -0.0328. The van der Waals surface area contributed by atoms with Crippen LogP contribution in [-0.2, 0) is 4.57 Å². The Morgan fingerprint density at radius 3 is 1.55 bits per heavy atom. The number of hydrogen-bond acceptors (Lipinski definition) is 10. The number of aromatic hydroxyl groups is 2. The highest BCUT2D eigenvalue weighted by molar-refractivity contribution is 7.45. The Hall–Kier alpha value is -3.44. The van der Waals surface area contributed by atoms with Crippen LogP contribution in [0.2, 0.25) is 15.1 Å². The van der Waals surface area contributed by atoms with Crippen molar-refractivity contribution in [3.63, 3.8) is 0 Å². The number of aliphatic hydroxyl groups is 4. The molecule has 1 amide bonds. The molecule has 3 aromatic carbocycles. The fraction of sp³-hybridized carbons (Fsp3) is 0.312. The minimum Gasteiger partial charge on any atom is -0.508 e. The summed E-state index contributed by atoms with van der Waals surface area (Å²) in [6.45, 7) is 1.66. The van der Waals surface area contributed by atoms with Crippen LogP contribution in [0.1, 0.15) is 13.3 Å². The smallest absolute Gasteiger partial charge is 0.466 e. The molecule has 1 heterocycles. The SMILES string of the molecule is CCCN(CCOc1c(Cl)cc(Cl)cc1Cl)C(=O)n1ccnc1.O=P(O)(O)O.OCC(CO)(CO)CO.Oc1ccccc1.Oc1ccccc1. The number of para-hydroxylation sites is 2. The molecular weight excluding hydrogens is 756 g/mol. The number of nitrogens with zero attached hydrogens (tertiary/aromatic N) is 3. The van der Waals surface area contributed by atoms with Gasteiger partial charge in [-0.2, -0.15) is 0 Å². The van der Waals surface area contributed by atoms with E-state index in [-0.39, 0.29) is 12.6 Å². The van der Waals surface area contributed by atoms with Gasteiger partial charge in [-0.05, 0) is 42.8 Å². The quantitative estimate of drug-likeness (QED) is 0.101. The second-order valence-corrected chi connectivity index (χ2v) is 12.4. The van der Waals surface area contributed by atoms with Gasteiger partial charge in [0.2, 0.25) is 0 Å². The molecule has 0 saturated carbocycles. The van der Waals surface area contributed by atoms with E-state index in [0.29, 0.717) is 45.4 Å². The van der Waals surface area contributed by atoms with E-state index in [1.807, 2.05) is 19.1 Å². The summed E-state index contributed by atoms with van der Waals surface area (Å²) < 4.78 is 15.9. The predicted molar refractivity (Wildman–Crippen MR) is 193 cm³/mol. The number of amides is 1. The number of carbonyl (C=O) groups is 1. The molecule has 0 bridgehead atoms. The Morgan fingerprint density at radius 1 is 0.824 bits per heavy atom. The molecule has 0 aliphatic heterocycles. The summed E-state index contributed by atoms with van der Waals surface area (Å²) in [5.41, 5.74) is -1.11. The van der Waals surface area contributed by atoms with E-state index in [0.717, 1.165) is 6.42 Å². The zero-order valence-electron chi connectivity index (χ0n) is 27.5. The monoisotopic (exact) mass is 797 g/mol.